The first-order valence-corrected chi connectivity index (χ1v) is 9.94. The number of ether oxygens (including phenoxy) is 3. The minimum Gasteiger partial charge on any atom is -0.490 e. The number of carbonyl (C=O) groups is 1. The number of aromatic carboxylic acids is 1. The van der Waals surface area contributed by atoms with Crippen molar-refractivity contribution in [2.75, 3.05) is 49.7 Å². The van der Waals surface area contributed by atoms with Crippen molar-refractivity contribution < 1.29 is 24.1 Å². The van der Waals surface area contributed by atoms with E-state index < -0.39 is 5.97 Å². The zero-order valence-corrected chi connectivity index (χ0v) is 16.9. The van der Waals surface area contributed by atoms with Crippen molar-refractivity contribution in [2.24, 2.45) is 0 Å². The van der Waals surface area contributed by atoms with Crippen molar-refractivity contribution >= 4 is 17.3 Å². The molecular weight excluding hydrogens is 372 g/mol. The number of carboxylic acids is 1. The highest BCUT2D eigenvalue weighted by atomic mass is 16.5. The van der Waals surface area contributed by atoms with Crippen LogP contribution in [0.5, 0.6) is 11.5 Å². The van der Waals surface area contributed by atoms with Crippen molar-refractivity contribution in [1.82, 2.24) is 0 Å². The number of anilines is 2. The molecule has 0 saturated carbocycles. The van der Waals surface area contributed by atoms with E-state index >= 15 is 0 Å². The normalized spacial score (nSPS) is 13.8. The van der Waals surface area contributed by atoms with Gasteiger partial charge in [0, 0.05) is 25.3 Å². The fraction of sp³-hybridized carbons (Fsp3) is 0.409. The summed E-state index contributed by atoms with van der Waals surface area (Å²) in [6.45, 7) is 8.15. The van der Waals surface area contributed by atoms with E-state index in [4.69, 9.17) is 14.2 Å². The van der Waals surface area contributed by atoms with Crippen LogP contribution in [0.2, 0.25) is 0 Å². The van der Waals surface area contributed by atoms with E-state index in [1.807, 2.05) is 44.2 Å². The Kier molecular flexibility index (Phi) is 7.19. The molecule has 0 bridgehead atoms. The van der Waals surface area contributed by atoms with E-state index in [2.05, 4.69) is 10.2 Å². The fourth-order valence-electron chi connectivity index (χ4n) is 3.31. The summed E-state index contributed by atoms with van der Waals surface area (Å²) in [5, 5.41) is 13.0. The molecule has 1 aliphatic rings. The first-order chi connectivity index (χ1) is 14.1. The van der Waals surface area contributed by atoms with E-state index in [0.717, 1.165) is 22.7 Å². The average molecular weight is 400 g/mol. The summed E-state index contributed by atoms with van der Waals surface area (Å²) in [6.07, 6.45) is 0. The van der Waals surface area contributed by atoms with Crippen LogP contribution >= 0.6 is 0 Å². The molecule has 2 N–H and O–H groups in total. The first kappa shape index (κ1) is 20.8. The summed E-state index contributed by atoms with van der Waals surface area (Å²) >= 11 is 0. The summed E-state index contributed by atoms with van der Waals surface area (Å²) < 4.78 is 16.6. The number of nitrogens with one attached hydrogen (secondary N) is 1. The number of hydrogen-bond acceptors (Lipinski definition) is 6. The van der Waals surface area contributed by atoms with E-state index in [-0.39, 0.29) is 0 Å². The van der Waals surface area contributed by atoms with Gasteiger partial charge in [-0.05, 0) is 49.7 Å². The molecule has 2 aromatic rings. The maximum absolute atomic E-state index is 11.8. The molecule has 2 aromatic carbocycles. The molecule has 1 aliphatic heterocycles. The van der Waals surface area contributed by atoms with Crippen molar-refractivity contribution in [1.29, 1.82) is 0 Å². The quantitative estimate of drug-likeness (QED) is 0.665. The Bertz CT molecular complexity index is 834. The van der Waals surface area contributed by atoms with E-state index in [1.54, 1.807) is 6.07 Å². The third kappa shape index (κ3) is 5.32. The number of nitrogens with zero attached hydrogens (tertiary/aromatic N) is 1. The van der Waals surface area contributed by atoms with E-state index in [1.165, 1.54) is 0 Å². The second kappa shape index (κ2) is 10.0. The molecule has 3 rings (SSSR count). The van der Waals surface area contributed by atoms with E-state index in [9.17, 15) is 9.90 Å². The van der Waals surface area contributed by atoms with Crippen LogP contribution in [0.1, 0.15) is 29.8 Å². The minimum atomic E-state index is -0.935. The Labute approximate surface area is 171 Å². The van der Waals surface area contributed by atoms with Crippen molar-refractivity contribution in [2.45, 2.75) is 20.4 Å². The fourth-order valence-corrected chi connectivity index (χ4v) is 3.31. The third-order valence-corrected chi connectivity index (χ3v) is 4.68. The average Bonchev–Trinajstić information content (AvgIpc) is 2.74. The Hall–Kier alpha value is -2.93. The van der Waals surface area contributed by atoms with Gasteiger partial charge in [0.05, 0.1) is 37.7 Å². The van der Waals surface area contributed by atoms with Crippen LogP contribution in [0.25, 0.3) is 0 Å². The van der Waals surface area contributed by atoms with Gasteiger partial charge in [0.15, 0.2) is 11.5 Å². The van der Waals surface area contributed by atoms with Gasteiger partial charge in [-0.1, -0.05) is 6.07 Å². The number of carboxylic acid groups (broad SMARTS) is 1. The number of morpholine rings is 1. The third-order valence-electron chi connectivity index (χ3n) is 4.68. The van der Waals surface area contributed by atoms with Gasteiger partial charge in [-0.15, -0.1) is 0 Å². The van der Waals surface area contributed by atoms with Gasteiger partial charge in [0.2, 0.25) is 0 Å². The number of benzene rings is 2. The van der Waals surface area contributed by atoms with Crippen LogP contribution in [0, 0.1) is 0 Å². The first-order valence-electron chi connectivity index (χ1n) is 9.94. The van der Waals surface area contributed by atoms with Crippen LogP contribution in [-0.4, -0.2) is 50.6 Å². The highest BCUT2D eigenvalue weighted by Crippen LogP contribution is 2.29. The lowest BCUT2D eigenvalue weighted by atomic mass is 10.1. The van der Waals surface area contributed by atoms with Gasteiger partial charge in [-0.25, -0.2) is 4.79 Å². The zero-order valence-electron chi connectivity index (χ0n) is 16.9. The Morgan fingerprint density at radius 2 is 1.79 bits per heavy atom. The summed E-state index contributed by atoms with van der Waals surface area (Å²) in [4.78, 5) is 13.8. The Morgan fingerprint density at radius 3 is 2.48 bits per heavy atom. The SMILES string of the molecule is CCOc1ccc(CNc2ccc(N3CCOCC3)c(C(=O)O)c2)cc1OCC. The highest BCUT2D eigenvalue weighted by molar-refractivity contribution is 5.95. The molecular formula is C22H28N2O5. The molecule has 0 amide bonds. The molecule has 0 atom stereocenters. The molecule has 0 aromatic heterocycles. The molecule has 0 radical (unpaired) electrons. The lowest BCUT2D eigenvalue weighted by Gasteiger charge is -2.30. The van der Waals surface area contributed by atoms with Gasteiger partial charge in [-0.3, -0.25) is 0 Å². The van der Waals surface area contributed by atoms with Gasteiger partial charge in [0.25, 0.3) is 0 Å². The van der Waals surface area contributed by atoms with E-state index in [0.29, 0.717) is 57.4 Å². The summed E-state index contributed by atoms with van der Waals surface area (Å²) in [5.74, 6) is 0.499. The van der Waals surface area contributed by atoms with Gasteiger partial charge < -0.3 is 29.5 Å². The summed E-state index contributed by atoms with van der Waals surface area (Å²) in [5.41, 5.74) is 2.79. The summed E-state index contributed by atoms with van der Waals surface area (Å²) in [6, 6.07) is 11.3. The lowest BCUT2D eigenvalue weighted by Crippen LogP contribution is -2.37. The predicted octanol–water partition coefficient (Wildman–Crippen LogP) is 3.63. The van der Waals surface area contributed by atoms with Gasteiger partial charge >= 0.3 is 5.97 Å². The zero-order chi connectivity index (χ0) is 20.6. The largest absolute Gasteiger partial charge is 0.490 e. The second-order valence-corrected chi connectivity index (χ2v) is 6.64. The molecule has 0 aliphatic carbocycles. The molecule has 0 unspecified atom stereocenters. The molecule has 1 fully saturated rings. The topological polar surface area (TPSA) is 80.3 Å². The van der Waals surface area contributed by atoms with Crippen LogP contribution in [0.15, 0.2) is 36.4 Å². The Morgan fingerprint density at radius 1 is 1.07 bits per heavy atom. The standard InChI is InChI=1S/C22H28N2O5/c1-3-28-20-8-5-16(13-21(20)29-4-2)15-23-17-6-7-19(18(14-17)22(25)26)24-9-11-27-12-10-24/h5-8,13-14,23H,3-4,9-12,15H2,1-2H3,(H,25,26). The smallest absolute Gasteiger partial charge is 0.337 e. The predicted molar refractivity (Wildman–Crippen MR) is 113 cm³/mol. The molecule has 1 saturated heterocycles. The van der Waals surface area contributed by atoms with Gasteiger partial charge in [0.1, 0.15) is 0 Å². The van der Waals surface area contributed by atoms with Crippen molar-refractivity contribution in [3.8, 4) is 11.5 Å². The monoisotopic (exact) mass is 400 g/mol. The molecule has 29 heavy (non-hydrogen) atoms. The molecule has 1 heterocycles. The lowest BCUT2D eigenvalue weighted by molar-refractivity contribution is 0.0696. The number of rotatable bonds is 9. The van der Waals surface area contributed by atoms with Crippen LogP contribution in [-0.2, 0) is 11.3 Å². The maximum Gasteiger partial charge on any atom is 0.337 e. The van der Waals surface area contributed by atoms with Gasteiger partial charge in [-0.2, -0.15) is 0 Å². The maximum atomic E-state index is 11.8. The molecule has 156 valence electrons. The molecule has 7 nitrogen and oxygen atoms in total. The summed E-state index contributed by atoms with van der Waals surface area (Å²) in [7, 11) is 0. The molecule has 7 heteroatoms. The Balaban J connectivity index is 1.74. The molecule has 0 spiro atoms. The van der Waals surface area contributed by atoms with Crippen LogP contribution in [0.3, 0.4) is 0 Å². The highest BCUT2D eigenvalue weighted by Gasteiger charge is 2.19. The van der Waals surface area contributed by atoms with Crippen molar-refractivity contribution in [3.05, 3.63) is 47.5 Å². The minimum absolute atomic E-state index is 0.290. The van der Waals surface area contributed by atoms with Crippen LogP contribution < -0.4 is 19.7 Å². The second-order valence-electron chi connectivity index (χ2n) is 6.64. The van der Waals surface area contributed by atoms with Crippen LogP contribution in [0.4, 0.5) is 11.4 Å². The number of hydrogen-bond donors (Lipinski definition) is 2. The van der Waals surface area contributed by atoms with Crippen molar-refractivity contribution in [3.63, 3.8) is 0 Å².